The predicted molar refractivity (Wildman–Crippen MR) is 57.0 cm³/mol. The van der Waals surface area contributed by atoms with Crippen molar-refractivity contribution in [3.63, 3.8) is 0 Å². The first kappa shape index (κ1) is 10.5. The summed E-state index contributed by atoms with van der Waals surface area (Å²) in [7, 11) is 1.61. The summed E-state index contributed by atoms with van der Waals surface area (Å²) in [6, 6.07) is 3.70. The summed E-state index contributed by atoms with van der Waals surface area (Å²) in [6.07, 6.45) is 1.34. The lowest BCUT2D eigenvalue weighted by atomic mass is 9.99. The maximum atomic E-state index is 11.5. The first-order valence-electron chi connectivity index (χ1n) is 4.42. The molecule has 2 heteroatoms. The zero-order valence-corrected chi connectivity index (χ0v) is 8.76. The summed E-state index contributed by atoms with van der Waals surface area (Å²) in [6.45, 7) is 7.27. The van der Waals surface area contributed by atoms with Gasteiger partial charge in [0.05, 0.1) is 7.11 Å². The van der Waals surface area contributed by atoms with Crippen molar-refractivity contribution >= 4 is 5.78 Å². The van der Waals surface area contributed by atoms with E-state index in [4.69, 9.17) is 4.74 Å². The van der Waals surface area contributed by atoms with E-state index in [2.05, 4.69) is 6.58 Å². The summed E-state index contributed by atoms with van der Waals surface area (Å²) in [5.41, 5.74) is 2.57. The van der Waals surface area contributed by atoms with Crippen LogP contribution < -0.4 is 4.74 Å². The van der Waals surface area contributed by atoms with Crippen LogP contribution in [-0.2, 0) is 0 Å². The van der Waals surface area contributed by atoms with E-state index in [1.165, 1.54) is 6.08 Å². The van der Waals surface area contributed by atoms with Gasteiger partial charge in [0.25, 0.3) is 0 Å². The largest absolute Gasteiger partial charge is 0.497 e. The second-order valence-electron chi connectivity index (χ2n) is 3.20. The summed E-state index contributed by atoms with van der Waals surface area (Å²) >= 11 is 0. The number of hydrogen-bond donors (Lipinski definition) is 0. The van der Waals surface area contributed by atoms with Crippen LogP contribution in [-0.4, -0.2) is 12.9 Å². The lowest BCUT2D eigenvalue weighted by molar-refractivity contribution is 0.104. The molecule has 0 aliphatic rings. The summed E-state index contributed by atoms with van der Waals surface area (Å²) < 4.78 is 5.11. The highest BCUT2D eigenvalue weighted by Crippen LogP contribution is 2.22. The molecule has 0 unspecified atom stereocenters. The van der Waals surface area contributed by atoms with E-state index in [1.54, 1.807) is 7.11 Å². The molecular weight excluding hydrogens is 176 g/mol. The van der Waals surface area contributed by atoms with Gasteiger partial charge in [0.1, 0.15) is 5.75 Å². The van der Waals surface area contributed by atoms with Crippen LogP contribution in [0, 0.1) is 13.8 Å². The molecular formula is C12H14O2. The smallest absolute Gasteiger partial charge is 0.185 e. The Labute approximate surface area is 84.2 Å². The summed E-state index contributed by atoms with van der Waals surface area (Å²) in [4.78, 5) is 11.5. The van der Waals surface area contributed by atoms with Gasteiger partial charge in [-0.15, -0.1) is 0 Å². The molecule has 1 aromatic carbocycles. The molecule has 0 amide bonds. The van der Waals surface area contributed by atoms with E-state index in [0.717, 1.165) is 22.4 Å². The highest BCUT2D eigenvalue weighted by Gasteiger charge is 2.10. The Kier molecular flexibility index (Phi) is 3.07. The molecule has 0 aliphatic heterocycles. The highest BCUT2D eigenvalue weighted by atomic mass is 16.5. The van der Waals surface area contributed by atoms with Crippen LogP contribution in [0.25, 0.3) is 0 Å². The Hall–Kier alpha value is -1.57. The van der Waals surface area contributed by atoms with Crippen molar-refractivity contribution in [1.82, 2.24) is 0 Å². The maximum Gasteiger partial charge on any atom is 0.185 e. The third kappa shape index (κ3) is 1.84. The van der Waals surface area contributed by atoms with Gasteiger partial charge in [-0.1, -0.05) is 6.58 Å². The molecule has 0 radical (unpaired) electrons. The molecule has 0 saturated heterocycles. The van der Waals surface area contributed by atoms with Crippen molar-refractivity contribution in [3.8, 4) is 5.75 Å². The molecule has 0 aliphatic carbocycles. The molecule has 0 atom stereocenters. The molecule has 1 aromatic rings. The van der Waals surface area contributed by atoms with Gasteiger partial charge in [0.15, 0.2) is 5.78 Å². The number of rotatable bonds is 3. The van der Waals surface area contributed by atoms with Crippen LogP contribution in [0.1, 0.15) is 21.5 Å². The fourth-order valence-electron chi connectivity index (χ4n) is 1.53. The van der Waals surface area contributed by atoms with Gasteiger partial charge < -0.3 is 4.74 Å². The SMILES string of the molecule is C=CC(=O)c1c(C)cc(OC)cc1C. The van der Waals surface area contributed by atoms with Crippen LogP contribution in [0.4, 0.5) is 0 Å². The van der Waals surface area contributed by atoms with Crippen LogP contribution >= 0.6 is 0 Å². The van der Waals surface area contributed by atoms with Crippen molar-refractivity contribution < 1.29 is 9.53 Å². The second-order valence-corrected chi connectivity index (χ2v) is 3.20. The Morgan fingerprint density at radius 2 is 1.86 bits per heavy atom. The fraction of sp³-hybridized carbons (Fsp3) is 0.250. The number of ketones is 1. The van der Waals surface area contributed by atoms with Gasteiger partial charge in [-0.3, -0.25) is 4.79 Å². The summed E-state index contributed by atoms with van der Waals surface area (Å²) in [5.74, 6) is 0.739. The average molecular weight is 190 g/mol. The molecule has 2 nitrogen and oxygen atoms in total. The highest BCUT2D eigenvalue weighted by molar-refractivity contribution is 6.06. The zero-order chi connectivity index (χ0) is 10.7. The predicted octanol–water partition coefficient (Wildman–Crippen LogP) is 2.68. The number of hydrogen-bond acceptors (Lipinski definition) is 2. The normalized spacial score (nSPS) is 9.64. The van der Waals surface area contributed by atoms with Gasteiger partial charge in [-0.2, -0.15) is 0 Å². The van der Waals surface area contributed by atoms with Gasteiger partial charge in [0.2, 0.25) is 0 Å². The Morgan fingerprint density at radius 3 is 2.21 bits per heavy atom. The molecule has 0 bridgehead atoms. The third-order valence-corrected chi connectivity index (χ3v) is 2.17. The monoisotopic (exact) mass is 190 g/mol. The standard InChI is InChI=1S/C12H14O2/c1-5-11(13)12-8(2)6-10(14-4)7-9(12)3/h5-7H,1H2,2-4H3. The zero-order valence-electron chi connectivity index (χ0n) is 8.76. The van der Waals surface area contributed by atoms with E-state index >= 15 is 0 Å². The van der Waals surface area contributed by atoms with Gasteiger partial charge in [-0.05, 0) is 43.2 Å². The molecule has 0 heterocycles. The Morgan fingerprint density at radius 1 is 1.36 bits per heavy atom. The quantitative estimate of drug-likeness (QED) is 0.541. The number of ether oxygens (including phenoxy) is 1. The lowest BCUT2D eigenvalue weighted by Gasteiger charge is -2.09. The molecule has 0 N–H and O–H groups in total. The van der Waals surface area contributed by atoms with Gasteiger partial charge >= 0.3 is 0 Å². The minimum atomic E-state index is -0.0392. The number of carbonyl (C=O) groups excluding carboxylic acids is 1. The van der Waals surface area contributed by atoms with E-state index < -0.39 is 0 Å². The topological polar surface area (TPSA) is 26.3 Å². The molecule has 1 rings (SSSR count). The minimum absolute atomic E-state index is 0.0392. The van der Waals surface area contributed by atoms with Crippen molar-refractivity contribution in [3.05, 3.63) is 41.5 Å². The van der Waals surface area contributed by atoms with Crippen LogP contribution in [0.15, 0.2) is 24.8 Å². The number of benzene rings is 1. The number of allylic oxidation sites excluding steroid dienone is 1. The molecule has 14 heavy (non-hydrogen) atoms. The number of aryl methyl sites for hydroxylation is 2. The first-order chi connectivity index (χ1) is 6.60. The minimum Gasteiger partial charge on any atom is -0.497 e. The fourth-order valence-corrected chi connectivity index (χ4v) is 1.53. The van der Waals surface area contributed by atoms with Crippen molar-refractivity contribution in [2.45, 2.75) is 13.8 Å². The van der Waals surface area contributed by atoms with Crippen LogP contribution in [0.3, 0.4) is 0 Å². The summed E-state index contributed by atoms with van der Waals surface area (Å²) in [5, 5.41) is 0. The molecule has 0 fully saturated rings. The van der Waals surface area contributed by atoms with Crippen LogP contribution in [0.2, 0.25) is 0 Å². The molecule has 0 aromatic heterocycles. The molecule has 74 valence electrons. The lowest BCUT2D eigenvalue weighted by Crippen LogP contribution is -2.01. The van der Waals surface area contributed by atoms with Gasteiger partial charge in [-0.25, -0.2) is 0 Å². The van der Waals surface area contributed by atoms with Crippen molar-refractivity contribution in [1.29, 1.82) is 0 Å². The average Bonchev–Trinajstić information content (AvgIpc) is 2.16. The number of methoxy groups -OCH3 is 1. The van der Waals surface area contributed by atoms with Gasteiger partial charge in [0, 0.05) is 5.56 Å². The van der Waals surface area contributed by atoms with Crippen molar-refractivity contribution in [2.24, 2.45) is 0 Å². The third-order valence-electron chi connectivity index (χ3n) is 2.17. The maximum absolute atomic E-state index is 11.5. The van der Waals surface area contributed by atoms with E-state index in [-0.39, 0.29) is 5.78 Å². The Balaban J connectivity index is 3.31. The molecule has 0 saturated carbocycles. The van der Waals surface area contributed by atoms with E-state index in [9.17, 15) is 4.79 Å². The van der Waals surface area contributed by atoms with E-state index in [0.29, 0.717) is 0 Å². The van der Waals surface area contributed by atoms with Crippen molar-refractivity contribution in [2.75, 3.05) is 7.11 Å². The number of carbonyl (C=O) groups is 1. The molecule has 0 spiro atoms. The van der Waals surface area contributed by atoms with E-state index in [1.807, 2.05) is 26.0 Å². The second kappa shape index (κ2) is 4.09. The van der Waals surface area contributed by atoms with Crippen LogP contribution in [0.5, 0.6) is 5.75 Å². The first-order valence-corrected chi connectivity index (χ1v) is 4.42. The Bertz CT molecular complexity index is 355.